The fraction of sp³-hybridized carbons (Fsp3) is 0.250. The number of aryl methyl sites for hydroxylation is 1. The molecule has 5 nitrogen and oxygen atoms in total. The Morgan fingerprint density at radius 2 is 1.95 bits per heavy atom. The number of sulfonamides is 1. The predicted octanol–water partition coefficient (Wildman–Crippen LogP) is 1.97. The number of aromatic nitrogens is 1. The van der Waals surface area contributed by atoms with Crippen molar-refractivity contribution in [3.8, 4) is 0 Å². The monoisotopic (exact) mass is 297 g/mol. The minimum Gasteiger partial charge on any atom is -0.379 e. The second-order valence-corrected chi connectivity index (χ2v) is 6.89. The highest BCUT2D eigenvalue weighted by atomic mass is 32.2. The molecule has 102 valence electrons. The smallest absolute Gasteiger partial charge is 0.240 e. The fourth-order valence-electron chi connectivity index (χ4n) is 1.55. The largest absolute Gasteiger partial charge is 0.379 e. The first kappa shape index (κ1) is 14.0. The first-order valence-corrected chi connectivity index (χ1v) is 8.06. The average Bonchev–Trinajstić information content (AvgIpc) is 2.83. The van der Waals surface area contributed by atoms with E-state index < -0.39 is 10.0 Å². The van der Waals surface area contributed by atoms with Crippen molar-refractivity contribution in [1.29, 1.82) is 0 Å². The van der Waals surface area contributed by atoms with Gasteiger partial charge in [0, 0.05) is 11.1 Å². The van der Waals surface area contributed by atoms with E-state index in [2.05, 4.69) is 15.0 Å². The summed E-state index contributed by atoms with van der Waals surface area (Å²) in [7, 11) is -1.97. The van der Waals surface area contributed by atoms with Crippen LogP contribution in [0.4, 0.5) is 5.69 Å². The second-order valence-electron chi connectivity index (χ2n) is 3.94. The first-order valence-electron chi connectivity index (χ1n) is 5.70. The van der Waals surface area contributed by atoms with E-state index in [0.29, 0.717) is 6.54 Å². The van der Waals surface area contributed by atoms with Crippen molar-refractivity contribution >= 4 is 27.0 Å². The van der Waals surface area contributed by atoms with Gasteiger partial charge in [0.15, 0.2) is 0 Å². The van der Waals surface area contributed by atoms with Gasteiger partial charge in [-0.2, -0.15) is 0 Å². The Balaban J connectivity index is 2.03. The van der Waals surface area contributed by atoms with Crippen LogP contribution in [-0.4, -0.2) is 20.4 Å². The van der Waals surface area contributed by atoms with Crippen molar-refractivity contribution in [3.63, 3.8) is 0 Å². The van der Waals surface area contributed by atoms with Crippen molar-refractivity contribution in [3.05, 3.63) is 40.3 Å². The van der Waals surface area contributed by atoms with Gasteiger partial charge in [-0.05, 0) is 38.2 Å². The average molecular weight is 297 g/mol. The normalized spacial score (nSPS) is 11.5. The van der Waals surface area contributed by atoms with Crippen LogP contribution in [0.1, 0.15) is 10.7 Å². The van der Waals surface area contributed by atoms with Gasteiger partial charge < -0.3 is 5.32 Å². The summed E-state index contributed by atoms with van der Waals surface area (Å²) in [4.78, 5) is 4.60. The molecule has 1 aromatic heterocycles. The zero-order chi connectivity index (χ0) is 13.9. The molecule has 0 amide bonds. The van der Waals surface area contributed by atoms with Gasteiger partial charge in [-0.1, -0.05) is 0 Å². The highest BCUT2D eigenvalue weighted by Gasteiger charge is 2.10. The van der Waals surface area contributed by atoms with Gasteiger partial charge in [-0.15, -0.1) is 11.3 Å². The molecule has 0 unspecified atom stereocenters. The molecule has 0 saturated carbocycles. The molecule has 0 fully saturated rings. The summed E-state index contributed by atoms with van der Waals surface area (Å²) in [6.45, 7) is 2.59. The molecule has 0 saturated heterocycles. The van der Waals surface area contributed by atoms with Crippen molar-refractivity contribution in [1.82, 2.24) is 9.71 Å². The van der Waals surface area contributed by atoms with Crippen LogP contribution in [0.25, 0.3) is 0 Å². The standard InChI is InChI=1S/C12H15N3O2S2/c1-9-15-11(8-18-9)7-14-10-3-5-12(6-4-10)19(16,17)13-2/h3-6,8,13-14H,7H2,1-2H3. The maximum absolute atomic E-state index is 11.6. The summed E-state index contributed by atoms with van der Waals surface area (Å²) in [5.41, 5.74) is 1.84. The Kier molecular flexibility index (Phi) is 4.18. The molecule has 1 heterocycles. The van der Waals surface area contributed by atoms with Crippen LogP contribution in [0, 0.1) is 6.92 Å². The van der Waals surface area contributed by atoms with Gasteiger partial charge in [0.25, 0.3) is 0 Å². The van der Waals surface area contributed by atoms with Gasteiger partial charge in [-0.25, -0.2) is 18.1 Å². The molecular weight excluding hydrogens is 282 g/mol. The van der Waals surface area contributed by atoms with Crippen molar-refractivity contribution in [2.75, 3.05) is 12.4 Å². The zero-order valence-corrected chi connectivity index (χ0v) is 12.3. The predicted molar refractivity (Wildman–Crippen MR) is 76.9 cm³/mol. The molecule has 1 aromatic carbocycles. The number of nitrogens with zero attached hydrogens (tertiary/aromatic N) is 1. The Bertz CT molecular complexity index is 648. The summed E-state index contributed by atoms with van der Waals surface area (Å²) in [6, 6.07) is 6.62. The van der Waals surface area contributed by atoms with Crippen LogP contribution in [0.5, 0.6) is 0 Å². The van der Waals surface area contributed by atoms with E-state index in [9.17, 15) is 8.42 Å². The number of anilines is 1. The molecule has 0 radical (unpaired) electrons. The first-order chi connectivity index (χ1) is 9.01. The molecule has 0 bridgehead atoms. The lowest BCUT2D eigenvalue weighted by Gasteiger charge is -2.06. The Labute approximate surface area is 116 Å². The quantitative estimate of drug-likeness (QED) is 0.885. The topological polar surface area (TPSA) is 71.1 Å². The Morgan fingerprint density at radius 3 is 2.47 bits per heavy atom. The lowest BCUT2D eigenvalue weighted by atomic mass is 10.3. The molecule has 2 N–H and O–H groups in total. The van der Waals surface area contributed by atoms with E-state index in [4.69, 9.17) is 0 Å². The molecular formula is C12H15N3O2S2. The van der Waals surface area contributed by atoms with Crippen LogP contribution in [-0.2, 0) is 16.6 Å². The van der Waals surface area contributed by atoms with Crippen LogP contribution >= 0.6 is 11.3 Å². The maximum atomic E-state index is 11.6. The fourth-order valence-corrected chi connectivity index (χ4v) is 2.89. The number of hydrogen-bond acceptors (Lipinski definition) is 5. The van der Waals surface area contributed by atoms with Crippen molar-refractivity contribution in [2.45, 2.75) is 18.4 Å². The minimum atomic E-state index is -3.37. The summed E-state index contributed by atoms with van der Waals surface area (Å²) in [6.07, 6.45) is 0. The molecule has 2 aromatic rings. The third-order valence-electron chi connectivity index (χ3n) is 2.57. The minimum absolute atomic E-state index is 0.255. The summed E-state index contributed by atoms with van der Waals surface area (Å²) >= 11 is 1.61. The number of thiazole rings is 1. The van der Waals surface area contributed by atoms with Gasteiger partial charge >= 0.3 is 0 Å². The van der Waals surface area contributed by atoms with Crippen LogP contribution < -0.4 is 10.0 Å². The lowest BCUT2D eigenvalue weighted by molar-refractivity contribution is 0.588. The Morgan fingerprint density at radius 1 is 1.26 bits per heavy atom. The molecule has 0 spiro atoms. The van der Waals surface area contributed by atoms with Crippen molar-refractivity contribution < 1.29 is 8.42 Å². The third-order valence-corrected chi connectivity index (χ3v) is 4.83. The highest BCUT2D eigenvalue weighted by Crippen LogP contribution is 2.15. The molecule has 0 aliphatic heterocycles. The summed E-state index contributed by atoms with van der Waals surface area (Å²) in [5, 5.41) is 6.24. The molecule has 7 heteroatoms. The summed E-state index contributed by atoms with van der Waals surface area (Å²) in [5.74, 6) is 0. The molecule has 0 atom stereocenters. The molecule has 0 aliphatic carbocycles. The Hall–Kier alpha value is -1.44. The number of rotatable bonds is 5. The van der Waals surface area contributed by atoms with Crippen molar-refractivity contribution in [2.24, 2.45) is 0 Å². The molecule has 0 aliphatic rings. The summed E-state index contributed by atoms with van der Waals surface area (Å²) < 4.78 is 25.4. The van der Waals surface area contributed by atoms with E-state index >= 15 is 0 Å². The number of hydrogen-bond donors (Lipinski definition) is 2. The zero-order valence-electron chi connectivity index (χ0n) is 10.7. The second kappa shape index (κ2) is 5.68. The van der Waals surface area contributed by atoms with E-state index in [0.717, 1.165) is 16.4 Å². The molecule has 2 rings (SSSR count). The van der Waals surface area contributed by atoms with Crippen LogP contribution in [0.3, 0.4) is 0 Å². The van der Waals surface area contributed by atoms with E-state index in [1.807, 2.05) is 12.3 Å². The van der Waals surface area contributed by atoms with Crippen LogP contribution in [0.15, 0.2) is 34.5 Å². The van der Waals surface area contributed by atoms with Gasteiger partial charge in [0.05, 0.1) is 22.1 Å². The van der Waals surface area contributed by atoms with Gasteiger partial charge in [0.2, 0.25) is 10.0 Å². The number of nitrogens with one attached hydrogen (secondary N) is 2. The lowest BCUT2D eigenvalue weighted by Crippen LogP contribution is -2.18. The van der Waals surface area contributed by atoms with E-state index in [1.54, 1.807) is 35.6 Å². The van der Waals surface area contributed by atoms with Gasteiger partial charge in [-0.3, -0.25) is 0 Å². The van der Waals surface area contributed by atoms with E-state index in [1.165, 1.54) is 7.05 Å². The highest BCUT2D eigenvalue weighted by molar-refractivity contribution is 7.89. The molecule has 19 heavy (non-hydrogen) atoms. The maximum Gasteiger partial charge on any atom is 0.240 e. The van der Waals surface area contributed by atoms with Gasteiger partial charge in [0.1, 0.15) is 0 Å². The third kappa shape index (κ3) is 3.52. The number of benzene rings is 1. The van der Waals surface area contributed by atoms with E-state index in [-0.39, 0.29) is 4.90 Å². The SMILES string of the molecule is CNS(=O)(=O)c1ccc(NCc2csc(C)n2)cc1. The van der Waals surface area contributed by atoms with Crippen LogP contribution in [0.2, 0.25) is 0 Å².